The van der Waals surface area contributed by atoms with Gasteiger partial charge in [0.15, 0.2) is 0 Å². The Morgan fingerprint density at radius 1 is 0.788 bits per heavy atom. The summed E-state index contributed by atoms with van der Waals surface area (Å²) in [5, 5.41) is 0. The third-order valence-electron chi connectivity index (χ3n) is 6.42. The van der Waals surface area contributed by atoms with E-state index in [-0.39, 0.29) is 36.7 Å². The number of rotatable bonds is 2. The summed E-state index contributed by atoms with van der Waals surface area (Å²) in [4.78, 5) is 44.9. The number of hydrogen-bond donors (Lipinski definition) is 0. The number of piperazine rings is 1. The normalized spacial score (nSPS) is 22.9. The Morgan fingerprint density at radius 2 is 1.33 bits per heavy atom. The van der Waals surface area contributed by atoms with Gasteiger partial charge in [-0.25, -0.2) is 14.4 Å². The number of urea groups is 1. The van der Waals surface area contributed by atoms with Gasteiger partial charge in [0.1, 0.15) is 12.2 Å². The number of carbonyl (C=O) groups excluding carboxylic acids is 3. The average Bonchev–Trinajstić information content (AvgIpc) is 3.36. The van der Waals surface area contributed by atoms with Crippen LogP contribution in [0.5, 0.6) is 0 Å². The Kier molecular flexibility index (Phi) is 6.67. The molecule has 0 aromatic heterocycles. The minimum absolute atomic E-state index is 0.0190. The molecular weight excluding hydrogens is 424 g/mol. The smallest absolute Gasteiger partial charge is 0.410 e. The topological polar surface area (TPSA) is 82.6 Å². The largest absolute Gasteiger partial charge is 0.445 e. The van der Waals surface area contributed by atoms with E-state index < -0.39 is 5.60 Å². The lowest BCUT2D eigenvalue weighted by atomic mass is 10.0. The number of fused-ring (bicyclic) bond motifs is 1. The van der Waals surface area contributed by atoms with E-state index in [1.54, 1.807) is 9.80 Å². The Bertz CT molecular complexity index is 849. The lowest BCUT2D eigenvalue weighted by molar-refractivity contribution is 0.0275. The number of amides is 4. The highest BCUT2D eigenvalue weighted by molar-refractivity contribution is 5.76. The zero-order chi connectivity index (χ0) is 23.6. The van der Waals surface area contributed by atoms with Crippen molar-refractivity contribution in [3.63, 3.8) is 0 Å². The first kappa shape index (κ1) is 23.2. The lowest BCUT2D eigenvalue weighted by Gasteiger charge is -2.36. The monoisotopic (exact) mass is 458 g/mol. The maximum absolute atomic E-state index is 13.0. The highest BCUT2D eigenvalue weighted by atomic mass is 16.6. The number of likely N-dealkylation sites (tertiary alicyclic amines) is 2. The van der Waals surface area contributed by atoms with E-state index in [1.165, 1.54) is 0 Å². The second-order valence-corrected chi connectivity index (χ2v) is 10.1. The molecule has 3 saturated heterocycles. The molecule has 2 atom stereocenters. The molecule has 0 radical (unpaired) electrons. The van der Waals surface area contributed by atoms with Crippen LogP contribution >= 0.6 is 0 Å². The maximum Gasteiger partial charge on any atom is 0.410 e. The van der Waals surface area contributed by atoms with Crippen LogP contribution < -0.4 is 0 Å². The molecule has 9 nitrogen and oxygen atoms in total. The molecule has 4 rings (SSSR count). The highest BCUT2D eigenvalue weighted by Gasteiger charge is 2.45. The van der Waals surface area contributed by atoms with Crippen molar-refractivity contribution in [2.75, 3.05) is 52.4 Å². The molecule has 180 valence electrons. The fourth-order valence-corrected chi connectivity index (χ4v) is 4.72. The number of hydrogen-bond acceptors (Lipinski definition) is 5. The third-order valence-corrected chi connectivity index (χ3v) is 6.42. The van der Waals surface area contributed by atoms with Crippen molar-refractivity contribution in [3.8, 4) is 0 Å². The van der Waals surface area contributed by atoms with Crippen molar-refractivity contribution in [1.29, 1.82) is 0 Å². The van der Waals surface area contributed by atoms with Crippen molar-refractivity contribution in [2.24, 2.45) is 11.8 Å². The van der Waals surface area contributed by atoms with Gasteiger partial charge in [0.05, 0.1) is 0 Å². The molecule has 3 aliphatic heterocycles. The molecule has 1 aromatic carbocycles. The van der Waals surface area contributed by atoms with Crippen LogP contribution in [0.1, 0.15) is 26.3 Å². The van der Waals surface area contributed by atoms with E-state index in [9.17, 15) is 14.4 Å². The van der Waals surface area contributed by atoms with Crippen LogP contribution in [0.25, 0.3) is 0 Å². The number of ether oxygens (including phenoxy) is 2. The van der Waals surface area contributed by atoms with Crippen molar-refractivity contribution >= 4 is 18.2 Å². The van der Waals surface area contributed by atoms with Crippen molar-refractivity contribution in [1.82, 2.24) is 19.6 Å². The molecule has 0 aliphatic carbocycles. The molecule has 3 heterocycles. The number of benzene rings is 1. The van der Waals surface area contributed by atoms with E-state index in [0.717, 1.165) is 5.56 Å². The summed E-state index contributed by atoms with van der Waals surface area (Å²) in [5.41, 5.74) is 0.442. The number of nitrogens with zero attached hydrogens (tertiary/aromatic N) is 4. The molecule has 1 aromatic rings. The summed E-state index contributed by atoms with van der Waals surface area (Å²) in [7, 11) is 0. The molecule has 0 spiro atoms. The molecule has 0 saturated carbocycles. The van der Waals surface area contributed by atoms with Gasteiger partial charge in [-0.1, -0.05) is 30.3 Å². The summed E-state index contributed by atoms with van der Waals surface area (Å²) in [6.07, 6.45) is -0.617. The fraction of sp³-hybridized carbons (Fsp3) is 0.625. The van der Waals surface area contributed by atoms with Crippen LogP contribution in [0.2, 0.25) is 0 Å². The predicted molar refractivity (Wildman–Crippen MR) is 122 cm³/mol. The summed E-state index contributed by atoms with van der Waals surface area (Å²) in [6, 6.07) is 9.60. The van der Waals surface area contributed by atoms with Gasteiger partial charge in [0, 0.05) is 64.2 Å². The van der Waals surface area contributed by atoms with Crippen LogP contribution in [0.15, 0.2) is 30.3 Å². The summed E-state index contributed by atoms with van der Waals surface area (Å²) < 4.78 is 10.9. The van der Waals surface area contributed by atoms with E-state index in [0.29, 0.717) is 52.4 Å². The lowest BCUT2D eigenvalue weighted by Crippen LogP contribution is -2.54. The fourth-order valence-electron chi connectivity index (χ4n) is 4.72. The Labute approximate surface area is 195 Å². The SMILES string of the molecule is CC(C)(C)OC(=O)N1CC2CN(C(=O)N3CCN(C(=O)OCc4ccccc4)CC3)CC2C1. The van der Waals surface area contributed by atoms with Gasteiger partial charge in [-0.3, -0.25) is 0 Å². The molecule has 2 unspecified atom stereocenters. The van der Waals surface area contributed by atoms with Gasteiger partial charge in [-0.15, -0.1) is 0 Å². The molecule has 3 fully saturated rings. The first-order valence-corrected chi connectivity index (χ1v) is 11.7. The molecule has 9 heteroatoms. The van der Waals surface area contributed by atoms with Crippen LogP contribution in [0.4, 0.5) is 14.4 Å². The van der Waals surface area contributed by atoms with E-state index in [1.807, 2.05) is 60.9 Å². The van der Waals surface area contributed by atoms with E-state index >= 15 is 0 Å². The molecule has 4 amide bonds. The predicted octanol–water partition coefficient (Wildman–Crippen LogP) is 2.86. The summed E-state index contributed by atoms with van der Waals surface area (Å²) >= 11 is 0. The highest BCUT2D eigenvalue weighted by Crippen LogP contribution is 2.32. The van der Waals surface area contributed by atoms with Crippen LogP contribution in [0, 0.1) is 11.8 Å². The minimum Gasteiger partial charge on any atom is -0.445 e. The Morgan fingerprint density at radius 3 is 1.91 bits per heavy atom. The minimum atomic E-state index is -0.507. The van der Waals surface area contributed by atoms with Crippen molar-refractivity contribution < 1.29 is 23.9 Å². The van der Waals surface area contributed by atoms with Crippen LogP contribution in [-0.2, 0) is 16.1 Å². The second-order valence-electron chi connectivity index (χ2n) is 10.1. The number of carbonyl (C=O) groups is 3. The molecule has 33 heavy (non-hydrogen) atoms. The first-order chi connectivity index (χ1) is 15.7. The zero-order valence-corrected chi connectivity index (χ0v) is 19.7. The Balaban J connectivity index is 1.20. The first-order valence-electron chi connectivity index (χ1n) is 11.7. The molecular formula is C24H34N4O5. The zero-order valence-electron chi connectivity index (χ0n) is 19.7. The standard InChI is InChI=1S/C24H34N4O5/c1-24(2,3)33-23(31)28-15-19-13-27(14-20(19)16-28)21(29)25-9-11-26(12-10-25)22(30)32-17-18-7-5-4-6-8-18/h4-8,19-20H,9-17H2,1-3H3. The summed E-state index contributed by atoms with van der Waals surface area (Å²) in [5.74, 6) is 0.575. The van der Waals surface area contributed by atoms with Gasteiger partial charge in [-0.05, 0) is 26.3 Å². The molecule has 3 aliphatic rings. The van der Waals surface area contributed by atoms with Gasteiger partial charge >= 0.3 is 18.2 Å². The second kappa shape index (κ2) is 9.49. The van der Waals surface area contributed by atoms with E-state index in [2.05, 4.69) is 0 Å². The van der Waals surface area contributed by atoms with Crippen molar-refractivity contribution in [3.05, 3.63) is 35.9 Å². The van der Waals surface area contributed by atoms with Crippen LogP contribution in [-0.4, -0.2) is 95.8 Å². The van der Waals surface area contributed by atoms with Crippen LogP contribution in [0.3, 0.4) is 0 Å². The van der Waals surface area contributed by atoms with Gasteiger partial charge in [-0.2, -0.15) is 0 Å². The maximum atomic E-state index is 13.0. The quantitative estimate of drug-likeness (QED) is 0.681. The summed E-state index contributed by atoms with van der Waals surface area (Å²) in [6.45, 7) is 10.3. The van der Waals surface area contributed by atoms with E-state index in [4.69, 9.17) is 9.47 Å². The van der Waals surface area contributed by atoms with Crippen molar-refractivity contribution in [2.45, 2.75) is 33.0 Å². The average molecular weight is 459 g/mol. The molecule has 0 bridgehead atoms. The van der Waals surface area contributed by atoms with Gasteiger partial charge < -0.3 is 29.1 Å². The molecule has 0 N–H and O–H groups in total. The van der Waals surface area contributed by atoms with Gasteiger partial charge in [0.25, 0.3) is 0 Å². The third kappa shape index (κ3) is 5.69. The van der Waals surface area contributed by atoms with Gasteiger partial charge in [0.2, 0.25) is 0 Å². The Hall–Kier alpha value is -2.97.